The Kier molecular flexibility index (Phi) is 5.65. The summed E-state index contributed by atoms with van der Waals surface area (Å²) in [5.74, 6) is -0.727. The van der Waals surface area contributed by atoms with Gasteiger partial charge in [0.2, 0.25) is 5.69 Å². The first kappa shape index (κ1) is 19.4. The molecule has 0 fully saturated rings. The van der Waals surface area contributed by atoms with Gasteiger partial charge in [0, 0.05) is 6.54 Å². The fourth-order valence-corrected chi connectivity index (χ4v) is 2.51. The smallest absolute Gasteiger partial charge is 0.287 e. The zero-order valence-electron chi connectivity index (χ0n) is 13.9. The van der Waals surface area contributed by atoms with Crippen molar-refractivity contribution >= 4 is 38.8 Å². The third kappa shape index (κ3) is 3.84. The van der Waals surface area contributed by atoms with Gasteiger partial charge in [0.25, 0.3) is 16.7 Å². The van der Waals surface area contributed by atoms with E-state index < -0.39 is 16.7 Å². The Morgan fingerprint density at radius 3 is 2.82 bits per heavy atom. The summed E-state index contributed by atoms with van der Waals surface area (Å²) in [5, 5.41) is 19.2. The number of benzene rings is 1. The zero-order valence-corrected chi connectivity index (χ0v) is 15.5. The van der Waals surface area contributed by atoms with E-state index in [1.54, 1.807) is 0 Å². The second-order valence-electron chi connectivity index (χ2n) is 5.31. The maximum Gasteiger partial charge on any atom is 0.287 e. The fourth-order valence-electron chi connectivity index (χ4n) is 2.14. The van der Waals surface area contributed by atoms with Crippen LogP contribution in [0, 0.1) is 5.82 Å². The highest BCUT2D eigenvalue weighted by Crippen LogP contribution is 2.23. The molecule has 1 heterocycles. The maximum absolute atomic E-state index is 13.3. The molecule has 28 heavy (non-hydrogen) atoms. The molecule has 13 heteroatoms. The van der Waals surface area contributed by atoms with Crippen LogP contribution in [0.15, 0.2) is 41.9 Å². The van der Waals surface area contributed by atoms with Gasteiger partial charge >= 0.3 is 0 Å². The van der Waals surface area contributed by atoms with Gasteiger partial charge in [-0.25, -0.2) is 14.0 Å². The highest BCUT2D eigenvalue weighted by molar-refractivity contribution is 9.10. The number of nitrogens with one attached hydrogen (secondary N) is 2. The van der Waals surface area contributed by atoms with E-state index >= 15 is 0 Å². The SMILES string of the molecule is Nc1c(NCCOc2nonc2C(=Nc2ccc(F)c(Br)c2)NO)c(=O)c1=O. The van der Waals surface area contributed by atoms with Crippen LogP contribution in [0.3, 0.4) is 0 Å². The first-order valence-electron chi connectivity index (χ1n) is 7.64. The van der Waals surface area contributed by atoms with Gasteiger partial charge in [-0.1, -0.05) is 0 Å². The number of hydroxylamine groups is 1. The normalized spacial score (nSPS) is 11.6. The lowest BCUT2D eigenvalue weighted by Crippen LogP contribution is -2.37. The number of nitrogens with zero attached hydrogens (tertiary/aromatic N) is 3. The molecule has 0 atom stereocenters. The highest BCUT2D eigenvalue weighted by atomic mass is 79.9. The third-order valence-corrected chi connectivity index (χ3v) is 4.13. The lowest BCUT2D eigenvalue weighted by molar-refractivity contribution is 0.233. The van der Waals surface area contributed by atoms with Crippen molar-refractivity contribution in [3.63, 3.8) is 0 Å². The Morgan fingerprint density at radius 1 is 1.36 bits per heavy atom. The molecular weight excluding hydrogens is 443 g/mol. The molecule has 0 unspecified atom stereocenters. The van der Waals surface area contributed by atoms with Crippen molar-refractivity contribution in [2.75, 3.05) is 24.2 Å². The first-order chi connectivity index (χ1) is 13.4. The number of anilines is 2. The van der Waals surface area contributed by atoms with Crippen LogP contribution >= 0.6 is 15.9 Å². The average Bonchev–Trinajstić information content (AvgIpc) is 3.16. The molecule has 0 spiro atoms. The molecular formula is C15H12BrFN6O5. The molecule has 1 aromatic heterocycles. The summed E-state index contributed by atoms with van der Waals surface area (Å²) in [6.07, 6.45) is 0. The molecule has 11 nitrogen and oxygen atoms in total. The monoisotopic (exact) mass is 454 g/mol. The van der Waals surface area contributed by atoms with Gasteiger partial charge in [-0.05, 0) is 44.4 Å². The number of rotatable bonds is 7. The Bertz CT molecular complexity index is 1110. The number of hydrogen-bond donors (Lipinski definition) is 4. The minimum absolute atomic E-state index is 0.000267. The molecule has 0 saturated heterocycles. The molecule has 0 saturated carbocycles. The van der Waals surface area contributed by atoms with E-state index in [1.807, 2.05) is 5.48 Å². The molecule has 146 valence electrons. The topological polar surface area (TPSA) is 165 Å². The lowest BCUT2D eigenvalue weighted by Gasteiger charge is -2.10. The molecule has 0 aliphatic rings. The van der Waals surface area contributed by atoms with E-state index in [-0.39, 0.29) is 46.4 Å². The molecule has 5 N–H and O–H groups in total. The first-order valence-corrected chi connectivity index (χ1v) is 8.44. The van der Waals surface area contributed by atoms with Crippen molar-refractivity contribution in [1.82, 2.24) is 15.8 Å². The maximum atomic E-state index is 13.3. The molecule has 0 aliphatic carbocycles. The highest BCUT2D eigenvalue weighted by Gasteiger charge is 2.19. The van der Waals surface area contributed by atoms with E-state index in [9.17, 15) is 19.2 Å². The predicted octanol–water partition coefficient (Wildman–Crippen LogP) is 0.697. The van der Waals surface area contributed by atoms with Crippen LogP contribution in [-0.2, 0) is 0 Å². The minimum atomic E-state index is -0.728. The fraction of sp³-hybridized carbons (Fsp3) is 0.133. The van der Waals surface area contributed by atoms with Crippen LogP contribution in [0.2, 0.25) is 0 Å². The van der Waals surface area contributed by atoms with Gasteiger partial charge in [0.1, 0.15) is 23.8 Å². The second kappa shape index (κ2) is 8.14. The van der Waals surface area contributed by atoms with Gasteiger partial charge in [-0.3, -0.25) is 20.3 Å². The summed E-state index contributed by atoms with van der Waals surface area (Å²) in [6, 6.07) is 3.96. The van der Waals surface area contributed by atoms with Crippen LogP contribution in [-0.4, -0.2) is 34.5 Å². The van der Waals surface area contributed by atoms with E-state index in [4.69, 9.17) is 10.5 Å². The van der Waals surface area contributed by atoms with Crippen LogP contribution < -0.4 is 32.1 Å². The number of aromatic nitrogens is 2. The summed E-state index contributed by atoms with van der Waals surface area (Å²) >= 11 is 3.03. The largest absolute Gasteiger partial charge is 0.472 e. The molecule has 3 rings (SSSR count). The number of aliphatic imine (C=N–C) groups is 1. The van der Waals surface area contributed by atoms with Crippen LogP contribution in [0.1, 0.15) is 5.69 Å². The Morgan fingerprint density at radius 2 is 2.14 bits per heavy atom. The standard InChI is InChI=1S/C15H12BrFN6O5/c16-7-5-6(1-2-8(7)17)20-14(21-26)11-15(23-28-22-11)27-4-3-19-10-9(18)12(24)13(10)25/h1-2,5,19,26H,3-4,18H2,(H,20,21). The quantitative estimate of drug-likeness (QED) is 0.131. The van der Waals surface area contributed by atoms with Gasteiger partial charge in [0.05, 0.1) is 10.2 Å². The summed E-state index contributed by atoms with van der Waals surface area (Å²) in [7, 11) is 0. The number of nitrogen functional groups attached to an aromatic ring is 1. The summed E-state index contributed by atoms with van der Waals surface area (Å²) in [4.78, 5) is 26.4. The van der Waals surface area contributed by atoms with E-state index in [0.29, 0.717) is 5.69 Å². The average molecular weight is 455 g/mol. The Balaban J connectivity index is 1.67. The van der Waals surface area contributed by atoms with Gasteiger partial charge in [-0.15, -0.1) is 0 Å². The molecule has 2 aromatic carbocycles. The third-order valence-electron chi connectivity index (χ3n) is 3.52. The molecule has 0 amide bonds. The number of amidine groups is 1. The van der Waals surface area contributed by atoms with Crippen molar-refractivity contribution in [3.05, 3.63) is 54.6 Å². The van der Waals surface area contributed by atoms with Crippen molar-refractivity contribution in [1.29, 1.82) is 0 Å². The summed E-state index contributed by atoms with van der Waals surface area (Å²) < 4.78 is 23.5. The van der Waals surface area contributed by atoms with Crippen molar-refractivity contribution in [2.45, 2.75) is 0 Å². The molecule has 0 bridgehead atoms. The van der Waals surface area contributed by atoms with Gasteiger partial charge < -0.3 is 15.8 Å². The summed E-state index contributed by atoms with van der Waals surface area (Å²) in [6.45, 7) is 0.131. The predicted molar refractivity (Wildman–Crippen MR) is 99.3 cm³/mol. The molecule has 3 aromatic rings. The van der Waals surface area contributed by atoms with E-state index in [0.717, 1.165) is 0 Å². The number of nitrogens with two attached hydrogens (primary N) is 1. The van der Waals surface area contributed by atoms with Crippen molar-refractivity contribution < 1.29 is 19.0 Å². The number of ether oxygens (including phenoxy) is 1. The van der Waals surface area contributed by atoms with Gasteiger partial charge in [0.15, 0.2) is 5.84 Å². The Hall–Kier alpha value is -3.32. The minimum Gasteiger partial charge on any atom is -0.472 e. The van der Waals surface area contributed by atoms with Crippen LogP contribution in [0.25, 0.3) is 0 Å². The number of hydrogen-bond acceptors (Lipinski definition) is 10. The Labute approximate surface area is 163 Å². The van der Waals surface area contributed by atoms with Crippen LogP contribution in [0.4, 0.5) is 21.5 Å². The lowest BCUT2D eigenvalue weighted by atomic mass is 10.2. The van der Waals surface area contributed by atoms with E-state index in [1.165, 1.54) is 18.2 Å². The van der Waals surface area contributed by atoms with Gasteiger partial charge in [-0.2, -0.15) is 0 Å². The van der Waals surface area contributed by atoms with Crippen molar-refractivity contribution in [2.24, 2.45) is 4.99 Å². The summed E-state index contributed by atoms with van der Waals surface area (Å²) in [5.41, 5.74) is 5.99. The van der Waals surface area contributed by atoms with Crippen molar-refractivity contribution in [3.8, 4) is 5.88 Å². The van der Waals surface area contributed by atoms with Crippen LogP contribution in [0.5, 0.6) is 5.88 Å². The van der Waals surface area contributed by atoms with E-state index in [2.05, 4.69) is 41.2 Å². The zero-order chi connectivity index (χ0) is 20.3. The number of halogens is 2. The second-order valence-corrected chi connectivity index (χ2v) is 6.17. The molecule has 0 aliphatic heterocycles. The molecule has 0 radical (unpaired) electrons.